The smallest absolute Gasteiger partial charge is 0.267 e. The Morgan fingerprint density at radius 3 is 2.67 bits per heavy atom. The number of sulfonamides is 1. The Morgan fingerprint density at radius 2 is 2.00 bits per heavy atom. The van der Waals surface area contributed by atoms with Crippen LogP contribution in [-0.4, -0.2) is 38.8 Å². The molecule has 0 bridgehead atoms. The van der Waals surface area contributed by atoms with E-state index in [9.17, 15) is 13.2 Å². The van der Waals surface area contributed by atoms with Crippen LogP contribution in [0, 0.1) is 11.3 Å². The molecule has 1 amide bonds. The molecule has 1 saturated heterocycles. The molecule has 1 aliphatic heterocycles. The Labute approximate surface area is 162 Å². The zero-order chi connectivity index (χ0) is 19.4. The van der Waals surface area contributed by atoms with Gasteiger partial charge in [-0.2, -0.15) is 9.57 Å². The van der Waals surface area contributed by atoms with Crippen LogP contribution < -0.4 is 10.1 Å². The van der Waals surface area contributed by atoms with Crippen molar-refractivity contribution in [1.29, 1.82) is 5.26 Å². The van der Waals surface area contributed by atoms with Crippen molar-refractivity contribution in [3.8, 4) is 11.8 Å². The Hall–Kier alpha value is -2.41. The van der Waals surface area contributed by atoms with Gasteiger partial charge in [0.15, 0.2) is 0 Å². The van der Waals surface area contributed by atoms with Crippen LogP contribution in [0.15, 0.2) is 34.5 Å². The van der Waals surface area contributed by atoms with E-state index in [-0.39, 0.29) is 9.77 Å². The summed E-state index contributed by atoms with van der Waals surface area (Å²) in [5.74, 6) is -0.159. The van der Waals surface area contributed by atoms with E-state index in [0.29, 0.717) is 30.1 Å². The van der Waals surface area contributed by atoms with Crippen molar-refractivity contribution in [1.82, 2.24) is 4.31 Å². The van der Waals surface area contributed by atoms with Crippen molar-refractivity contribution in [2.24, 2.45) is 0 Å². The summed E-state index contributed by atoms with van der Waals surface area (Å²) in [4.78, 5) is 12.9. The molecule has 1 aromatic heterocycles. The number of amides is 1. The normalized spacial score (nSPS) is 15.1. The number of hydrogen-bond acceptors (Lipinski definition) is 6. The highest BCUT2D eigenvalue weighted by Crippen LogP contribution is 2.30. The van der Waals surface area contributed by atoms with Crippen LogP contribution in [0.25, 0.3) is 0 Å². The molecule has 27 heavy (non-hydrogen) atoms. The van der Waals surface area contributed by atoms with Crippen LogP contribution in [0.5, 0.6) is 5.75 Å². The monoisotopic (exact) mass is 405 g/mol. The second-order valence-corrected chi connectivity index (χ2v) is 8.88. The molecule has 0 atom stereocenters. The summed E-state index contributed by atoms with van der Waals surface area (Å²) in [6.07, 6.45) is 2.66. The molecule has 2 aromatic rings. The van der Waals surface area contributed by atoms with E-state index in [1.807, 2.05) is 6.07 Å². The minimum absolute atomic E-state index is 0.0160. The number of methoxy groups -OCH3 is 1. The summed E-state index contributed by atoms with van der Waals surface area (Å²) in [5.41, 5.74) is 0.676. The molecule has 0 aliphatic carbocycles. The molecule has 1 aliphatic rings. The maximum Gasteiger partial charge on any atom is 0.267 e. The number of rotatable bonds is 5. The van der Waals surface area contributed by atoms with E-state index in [2.05, 4.69) is 5.32 Å². The number of anilines is 1. The third-order valence-corrected chi connectivity index (χ3v) is 7.33. The van der Waals surface area contributed by atoms with Gasteiger partial charge in [0.1, 0.15) is 15.5 Å². The van der Waals surface area contributed by atoms with E-state index in [4.69, 9.17) is 10.00 Å². The summed E-state index contributed by atoms with van der Waals surface area (Å²) in [7, 11) is -2.26. The predicted octanol–water partition coefficient (Wildman–Crippen LogP) is 3.06. The molecule has 7 nitrogen and oxygen atoms in total. The fraction of sp³-hybridized carbons (Fsp3) is 0.333. The van der Waals surface area contributed by atoms with Crippen LogP contribution >= 0.6 is 11.3 Å². The number of nitriles is 1. The number of hydrogen-bond donors (Lipinski definition) is 1. The standard InChI is InChI=1S/C18H19N3O4S2/c1-25-15-6-5-13(12-19)11-14(15)20-18(22)17-16(7-10-26-17)27(23,24)21-8-3-2-4-9-21/h5-7,10-11H,2-4,8-9H2,1H3,(H,20,22). The lowest BCUT2D eigenvalue weighted by molar-refractivity contribution is 0.102. The van der Waals surface area contributed by atoms with Gasteiger partial charge < -0.3 is 10.1 Å². The number of nitrogens with one attached hydrogen (secondary N) is 1. The zero-order valence-electron chi connectivity index (χ0n) is 14.8. The van der Waals surface area contributed by atoms with Gasteiger partial charge in [0.25, 0.3) is 5.91 Å². The number of carbonyl (C=O) groups excluding carboxylic acids is 1. The minimum Gasteiger partial charge on any atom is -0.495 e. The van der Waals surface area contributed by atoms with E-state index >= 15 is 0 Å². The van der Waals surface area contributed by atoms with Gasteiger partial charge in [-0.1, -0.05) is 6.42 Å². The van der Waals surface area contributed by atoms with Gasteiger partial charge in [0.05, 0.1) is 24.4 Å². The number of benzene rings is 1. The molecular weight excluding hydrogens is 386 g/mol. The quantitative estimate of drug-likeness (QED) is 0.824. The molecular formula is C18H19N3O4S2. The first kappa shape index (κ1) is 19.4. The van der Waals surface area contributed by atoms with E-state index < -0.39 is 15.9 Å². The van der Waals surface area contributed by atoms with Crippen LogP contribution in [0.1, 0.15) is 34.5 Å². The topological polar surface area (TPSA) is 99.5 Å². The van der Waals surface area contributed by atoms with Crippen molar-refractivity contribution < 1.29 is 17.9 Å². The lowest BCUT2D eigenvalue weighted by Crippen LogP contribution is -2.36. The highest BCUT2D eigenvalue weighted by Gasteiger charge is 2.31. The maximum atomic E-state index is 12.9. The Bertz CT molecular complexity index is 986. The number of thiophene rings is 1. The number of piperidine rings is 1. The lowest BCUT2D eigenvalue weighted by Gasteiger charge is -2.25. The largest absolute Gasteiger partial charge is 0.495 e. The molecule has 2 heterocycles. The van der Waals surface area contributed by atoms with Crippen molar-refractivity contribution >= 4 is 33.0 Å². The minimum atomic E-state index is -3.72. The first-order valence-corrected chi connectivity index (χ1v) is 10.8. The Balaban J connectivity index is 1.90. The number of nitrogens with zero attached hydrogens (tertiary/aromatic N) is 2. The van der Waals surface area contributed by atoms with Gasteiger partial charge in [-0.05, 0) is 42.5 Å². The van der Waals surface area contributed by atoms with Gasteiger partial charge in [0, 0.05) is 13.1 Å². The first-order valence-electron chi connectivity index (χ1n) is 8.44. The van der Waals surface area contributed by atoms with Gasteiger partial charge in [-0.15, -0.1) is 11.3 Å². The van der Waals surface area contributed by atoms with Crippen molar-refractivity contribution in [2.75, 3.05) is 25.5 Å². The van der Waals surface area contributed by atoms with Crippen molar-refractivity contribution in [3.05, 3.63) is 40.1 Å². The Kier molecular flexibility index (Phi) is 5.79. The van der Waals surface area contributed by atoms with Crippen LogP contribution in [0.2, 0.25) is 0 Å². The molecule has 0 saturated carbocycles. The van der Waals surface area contributed by atoms with Crippen LogP contribution in [0.4, 0.5) is 5.69 Å². The molecule has 1 N–H and O–H groups in total. The van der Waals surface area contributed by atoms with E-state index in [0.717, 1.165) is 30.6 Å². The fourth-order valence-corrected chi connectivity index (χ4v) is 5.78. The molecule has 1 fully saturated rings. The molecule has 9 heteroatoms. The van der Waals surface area contributed by atoms with Crippen LogP contribution in [0.3, 0.4) is 0 Å². The van der Waals surface area contributed by atoms with Gasteiger partial charge in [-0.3, -0.25) is 4.79 Å². The summed E-state index contributed by atoms with van der Waals surface area (Å²) >= 11 is 1.07. The molecule has 1 aromatic carbocycles. The second kappa shape index (κ2) is 8.08. The molecule has 0 radical (unpaired) electrons. The average Bonchev–Trinajstić information content (AvgIpc) is 3.19. The van der Waals surface area contributed by atoms with Gasteiger partial charge >= 0.3 is 0 Å². The van der Waals surface area contributed by atoms with Gasteiger partial charge in [0.2, 0.25) is 10.0 Å². The molecule has 3 rings (SSSR count). The average molecular weight is 406 g/mol. The van der Waals surface area contributed by atoms with Crippen LogP contribution in [-0.2, 0) is 10.0 Å². The predicted molar refractivity (Wildman–Crippen MR) is 103 cm³/mol. The Morgan fingerprint density at radius 1 is 1.26 bits per heavy atom. The fourth-order valence-electron chi connectivity index (χ4n) is 2.96. The zero-order valence-corrected chi connectivity index (χ0v) is 16.4. The summed E-state index contributed by atoms with van der Waals surface area (Å²) in [6.45, 7) is 0.939. The van der Waals surface area contributed by atoms with Crippen molar-refractivity contribution in [3.63, 3.8) is 0 Å². The highest BCUT2D eigenvalue weighted by molar-refractivity contribution is 7.89. The highest BCUT2D eigenvalue weighted by atomic mass is 32.2. The first-order chi connectivity index (χ1) is 13.0. The SMILES string of the molecule is COc1ccc(C#N)cc1NC(=O)c1sccc1S(=O)(=O)N1CCCCC1. The number of carbonyl (C=O) groups is 1. The molecule has 0 spiro atoms. The third-order valence-electron chi connectivity index (χ3n) is 4.34. The van der Waals surface area contributed by atoms with E-state index in [1.165, 1.54) is 23.5 Å². The second-order valence-electron chi connectivity index (χ2n) is 6.06. The number of ether oxygens (including phenoxy) is 1. The third kappa shape index (κ3) is 3.98. The summed E-state index contributed by atoms with van der Waals surface area (Å²) < 4.78 is 32.5. The maximum absolute atomic E-state index is 12.9. The molecule has 0 unspecified atom stereocenters. The lowest BCUT2D eigenvalue weighted by atomic mass is 10.2. The summed E-state index contributed by atoms with van der Waals surface area (Å²) in [5, 5.41) is 13.3. The van der Waals surface area contributed by atoms with Gasteiger partial charge in [-0.25, -0.2) is 8.42 Å². The van der Waals surface area contributed by atoms with Crippen molar-refractivity contribution in [2.45, 2.75) is 24.2 Å². The molecule has 142 valence electrons. The summed E-state index contributed by atoms with van der Waals surface area (Å²) in [6, 6.07) is 8.11. The van der Waals surface area contributed by atoms with E-state index in [1.54, 1.807) is 17.5 Å².